The smallest absolute Gasteiger partial charge is 0.417 e. The number of aromatic nitrogens is 3. The van der Waals surface area contributed by atoms with Crippen molar-refractivity contribution in [1.29, 1.82) is 0 Å². The zero-order valence-corrected chi connectivity index (χ0v) is 16.6. The molecular formula is C19H17F3N4O2S. The Bertz CT molecular complexity index is 1020. The number of pyridine rings is 2. The van der Waals surface area contributed by atoms with Crippen LogP contribution in [0.5, 0.6) is 0 Å². The van der Waals surface area contributed by atoms with Crippen LogP contribution >= 0.6 is 11.3 Å². The molecule has 3 rings (SSSR count). The number of halogens is 3. The third-order valence-electron chi connectivity index (χ3n) is 3.94. The largest absolute Gasteiger partial charge is 0.465 e. The predicted molar refractivity (Wildman–Crippen MR) is 103 cm³/mol. The second kappa shape index (κ2) is 8.16. The van der Waals surface area contributed by atoms with Crippen LogP contribution in [0.1, 0.15) is 41.4 Å². The number of alkyl halides is 3. The number of thiazole rings is 1. The summed E-state index contributed by atoms with van der Waals surface area (Å²) in [5.74, 6) is -0.919. The van der Waals surface area contributed by atoms with Gasteiger partial charge in [-0.3, -0.25) is 4.98 Å². The fourth-order valence-corrected chi connectivity index (χ4v) is 3.64. The lowest BCUT2D eigenvalue weighted by atomic mass is 10.1. The lowest BCUT2D eigenvalue weighted by Gasteiger charge is -2.11. The van der Waals surface area contributed by atoms with E-state index in [0.29, 0.717) is 17.4 Å². The van der Waals surface area contributed by atoms with Crippen molar-refractivity contribution in [2.45, 2.75) is 25.9 Å². The molecule has 6 nitrogen and oxygen atoms in total. The van der Waals surface area contributed by atoms with E-state index < -0.39 is 17.7 Å². The molecule has 0 atom stereocenters. The molecule has 0 aliphatic heterocycles. The molecule has 1 N–H and O–H groups in total. The Morgan fingerprint density at radius 3 is 2.59 bits per heavy atom. The summed E-state index contributed by atoms with van der Waals surface area (Å²) in [5, 5.41) is 3.23. The van der Waals surface area contributed by atoms with E-state index in [1.165, 1.54) is 11.3 Å². The Kier molecular flexibility index (Phi) is 5.83. The van der Waals surface area contributed by atoms with Crippen LogP contribution in [0.25, 0.3) is 10.6 Å². The van der Waals surface area contributed by atoms with Crippen LogP contribution in [0.3, 0.4) is 0 Å². The number of rotatable bonds is 5. The van der Waals surface area contributed by atoms with Gasteiger partial charge in [0.15, 0.2) is 5.13 Å². The Labute approximate surface area is 168 Å². The van der Waals surface area contributed by atoms with E-state index in [9.17, 15) is 18.0 Å². The zero-order valence-electron chi connectivity index (χ0n) is 15.7. The number of anilines is 2. The number of carbonyl (C=O) groups excluding carboxylic acids is 1. The summed E-state index contributed by atoms with van der Waals surface area (Å²) >= 11 is 1.27. The van der Waals surface area contributed by atoms with Crippen molar-refractivity contribution in [3.05, 3.63) is 53.5 Å². The minimum absolute atomic E-state index is 0.0681. The molecule has 3 heterocycles. The molecule has 0 aromatic carbocycles. The van der Waals surface area contributed by atoms with Crippen LogP contribution in [0.2, 0.25) is 0 Å². The summed E-state index contributed by atoms with van der Waals surface area (Å²) in [4.78, 5) is 25.5. The SMILES string of the molecule is COC(=O)c1cc(C(F)(F)F)cnc1Nc1nc(C(C)C)c(-c2ccccn2)s1. The number of carbonyl (C=O) groups is 1. The van der Waals surface area contributed by atoms with Gasteiger partial charge in [-0.1, -0.05) is 31.3 Å². The van der Waals surface area contributed by atoms with E-state index >= 15 is 0 Å². The monoisotopic (exact) mass is 422 g/mol. The third kappa shape index (κ3) is 4.53. The molecule has 0 fully saturated rings. The number of methoxy groups -OCH3 is 1. The van der Waals surface area contributed by atoms with Crippen molar-refractivity contribution in [2.75, 3.05) is 12.4 Å². The molecule has 0 aliphatic carbocycles. The normalized spacial score (nSPS) is 11.6. The lowest BCUT2D eigenvalue weighted by Crippen LogP contribution is -2.12. The van der Waals surface area contributed by atoms with Crippen molar-refractivity contribution in [2.24, 2.45) is 0 Å². The fourth-order valence-electron chi connectivity index (χ4n) is 2.54. The number of ether oxygens (including phenoxy) is 1. The maximum atomic E-state index is 13.0. The minimum atomic E-state index is -4.63. The number of esters is 1. The summed E-state index contributed by atoms with van der Waals surface area (Å²) in [6.07, 6.45) is -2.31. The van der Waals surface area contributed by atoms with Gasteiger partial charge in [0.05, 0.1) is 28.9 Å². The molecule has 3 aromatic heterocycles. The topological polar surface area (TPSA) is 77.0 Å². The molecule has 0 spiro atoms. The highest BCUT2D eigenvalue weighted by Crippen LogP contribution is 2.38. The van der Waals surface area contributed by atoms with Gasteiger partial charge in [0.25, 0.3) is 0 Å². The average molecular weight is 422 g/mol. The second-order valence-electron chi connectivity index (χ2n) is 6.34. The molecule has 3 aromatic rings. The van der Waals surface area contributed by atoms with Crippen LogP contribution < -0.4 is 5.32 Å². The first-order valence-corrected chi connectivity index (χ1v) is 9.37. The molecule has 0 amide bonds. The van der Waals surface area contributed by atoms with Gasteiger partial charge < -0.3 is 10.1 Å². The van der Waals surface area contributed by atoms with Crippen LogP contribution in [0.15, 0.2) is 36.7 Å². The highest BCUT2D eigenvalue weighted by Gasteiger charge is 2.33. The molecule has 10 heteroatoms. The van der Waals surface area contributed by atoms with Crippen LogP contribution in [0, 0.1) is 0 Å². The van der Waals surface area contributed by atoms with Crippen LogP contribution in [0.4, 0.5) is 24.1 Å². The van der Waals surface area contributed by atoms with Crippen molar-refractivity contribution in [3.8, 4) is 10.6 Å². The maximum Gasteiger partial charge on any atom is 0.417 e. The summed E-state index contributed by atoms with van der Waals surface area (Å²) in [6.45, 7) is 3.95. The number of nitrogens with zero attached hydrogens (tertiary/aromatic N) is 3. The Morgan fingerprint density at radius 2 is 2.00 bits per heavy atom. The van der Waals surface area contributed by atoms with Gasteiger partial charge in [0.1, 0.15) is 11.4 Å². The number of hydrogen-bond acceptors (Lipinski definition) is 7. The van der Waals surface area contributed by atoms with Crippen LogP contribution in [-0.4, -0.2) is 28.0 Å². The molecule has 29 heavy (non-hydrogen) atoms. The van der Waals surface area contributed by atoms with Gasteiger partial charge in [-0.05, 0) is 24.1 Å². The standard InChI is InChI=1S/C19H17F3N4O2S/c1-10(2)14-15(13-6-4-5-7-23-13)29-18(25-14)26-16-12(17(27)28-3)8-11(9-24-16)19(20,21)22/h4-10H,1-3H3,(H,24,25,26). The van der Waals surface area contributed by atoms with Gasteiger partial charge in [-0.25, -0.2) is 14.8 Å². The summed E-state index contributed by atoms with van der Waals surface area (Å²) in [6, 6.07) is 6.21. The predicted octanol–water partition coefficient (Wildman–Crippen LogP) is 5.27. The van der Waals surface area contributed by atoms with Gasteiger partial charge in [-0.15, -0.1) is 0 Å². The number of nitrogens with one attached hydrogen (secondary N) is 1. The Balaban J connectivity index is 2.03. The summed E-state index contributed by atoms with van der Waals surface area (Å²) in [7, 11) is 1.09. The van der Waals surface area contributed by atoms with Gasteiger partial charge >= 0.3 is 12.1 Å². The minimum Gasteiger partial charge on any atom is -0.465 e. The molecular weight excluding hydrogens is 405 g/mol. The van der Waals surface area contributed by atoms with Gasteiger partial charge in [0, 0.05) is 12.4 Å². The van der Waals surface area contributed by atoms with Crippen molar-refractivity contribution in [3.63, 3.8) is 0 Å². The van der Waals surface area contributed by atoms with Crippen molar-refractivity contribution in [1.82, 2.24) is 15.0 Å². The fraction of sp³-hybridized carbons (Fsp3) is 0.263. The molecule has 0 saturated heterocycles. The quantitative estimate of drug-likeness (QED) is 0.565. The highest BCUT2D eigenvalue weighted by atomic mass is 32.1. The van der Waals surface area contributed by atoms with Gasteiger partial charge in [-0.2, -0.15) is 13.2 Å². The first kappa shape index (κ1) is 20.7. The molecule has 0 radical (unpaired) electrons. The van der Waals surface area contributed by atoms with Crippen molar-refractivity contribution < 1.29 is 22.7 Å². The van der Waals surface area contributed by atoms with E-state index in [0.717, 1.165) is 23.4 Å². The van der Waals surface area contributed by atoms with Gasteiger partial charge in [0.2, 0.25) is 0 Å². The highest BCUT2D eigenvalue weighted by molar-refractivity contribution is 7.19. The first-order valence-electron chi connectivity index (χ1n) is 8.55. The summed E-state index contributed by atoms with van der Waals surface area (Å²) in [5.41, 5.74) is 0.140. The van der Waals surface area contributed by atoms with Crippen LogP contribution in [-0.2, 0) is 10.9 Å². The molecule has 0 bridgehead atoms. The molecule has 152 valence electrons. The summed E-state index contributed by atoms with van der Waals surface area (Å²) < 4.78 is 43.6. The Hall–Kier alpha value is -3.01. The van der Waals surface area contributed by atoms with E-state index in [2.05, 4.69) is 25.0 Å². The zero-order chi connectivity index (χ0) is 21.2. The molecule has 0 unspecified atom stereocenters. The van der Waals surface area contributed by atoms with E-state index in [1.807, 2.05) is 26.0 Å². The third-order valence-corrected chi connectivity index (χ3v) is 4.95. The lowest BCUT2D eigenvalue weighted by molar-refractivity contribution is -0.137. The van der Waals surface area contributed by atoms with Crippen molar-refractivity contribution >= 4 is 28.3 Å². The van der Waals surface area contributed by atoms with E-state index in [-0.39, 0.29) is 17.3 Å². The molecule has 0 aliphatic rings. The van der Waals surface area contributed by atoms with E-state index in [1.54, 1.807) is 12.3 Å². The first-order chi connectivity index (χ1) is 13.7. The number of hydrogen-bond donors (Lipinski definition) is 1. The maximum absolute atomic E-state index is 13.0. The van der Waals surface area contributed by atoms with E-state index in [4.69, 9.17) is 0 Å². The second-order valence-corrected chi connectivity index (χ2v) is 7.34. The Morgan fingerprint density at radius 1 is 1.24 bits per heavy atom. The molecule has 0 saturated carbocycles. The average Bonchev–Trinajstić information content (AvgIpc) is 3.11.